The highest BCUT2D eigenvalue weighted by molar-refractivity contribution is 5.66. The van der Waals surface area contributed by atoms with Crippen LogP contribution in [0.3, 0.4) is 0 Å². The molecule has 0 saturated heterocycles. The summed E-state index contributed by atoms with van der Waals surface area (Å²) in [5.41, 5.74) is 2.07. The molecule has 0 aromatic rings. The zero-order chi connectivity index (χ0) is 26.5. The number of hydrogen-bond acceptors (Lipinski definition) is 4. The zero-order valence-electron chi connectivity index (χ0n) is 24.4. The maximum absolute atomic E-state index is 11.9. The summed E-state index contributed by atoms with van der Waals surface area (Å²) in [6.07, 6.45) is 11.5. The van der Waals surface area contributed by atoms with Gasteiger partial charge in [0, 0.05) is 18.3 Å². The average Bonchev–Trinajstić information content (AvgIpc) is 3.14. The van der Waals surface area contributed by atoms with E-state index in [0.717, 1.165) is 25.7 Å². The predicted octanol–water partition coefficient (Wildman–Crippen LogP) is 8.06. The van der Waals surface area contributed by atoms with Crippen LogP contribution >= 0.6 is 0 Å². The van der Waals surface area contributed by atoms with Gasteiger partial charge in [-0.1, -0.05) is 67.0 Å². The first-order chi connectivity index (χ1) is 16.7. The van der Waals surface area contributed by atoms with Crippen molar-refractivity contribution in [3.8, 4) is 0 Å². The molecule has 10 unspecified atom stereocenters. The van der Waals surface area contributed by atoms with Gasteiger partial charge in [-0.3, -0.25) is 10.1 Å². The first-order valence-corrected chi connectivity index (χ1v) is 14.9. The van der Waals surface area contributed by atoms with Crippen molar-refractivity contribution in [1.82, 2.24) is 0 Å². The molecule has 0 radical (unpaired) electrons. The first-order valence-electron chi connectivity index (χ1n) is 14.9. The van der Waals surface area contributed by atoms with Crippen molar-refractivity contribution in [1.29, 1.82) is 0 Å². The van der Waals surface area contributed by atoms with Gasteiger partial charge in [-0.05, 0) is 96.7 Å². The molecule has 4 fully saturated rings. The average molecular weight is 501 g/mol. The second-order valence-corrected chi connectivity index (χ2v) is 15.6. The fraction of sp³-hybridized carbons (Fsp3) is 0.906. The van der Waals surface area contributed by atoms with Crippen molar-refractivity contribution >= 4 is 5.97 Å². The van der Waals surface area contributed by atoms with Crippen LogP contribution in [0.5, 0.6) is 0 Å². The van der Waals surface area contributed by atoms with E-state index in [0.29, 0.717) is 29.1 Å². The van der Waals surface area contributed by atoms with Crippen molar-refractivity contribution in [3.63, 3.8) is 0 Å². The summed E-state index contributed by atoms with van der Waals surface area (Å²) in [4.78, 5) is 17.4. The number of fused-ring (bicyclic) bond motifs is 7. The largest absolute Gasteiger partial charge is 0.462 e. The van der Waals surface area contributed by atoms with Gasteiger partial charge in [0.2, 0.25) is 0 Å². The molecule has 0 amide bonds. The molecule has 4 saturated carbocycles. The number of hydrogen-bond donors (Lipinski definition) is 1. The van der Waals surface area contributed by atoms with Crippen LogP contribution < -0.4 is 0 Å². The molecule has 0 aromatic heterocycles. The molecular formula is C32H52O4. The molecule has 0 bridgehead atoms. The second-order valence-electron chi connectivity index (χ2n) is 15.6. The Morgan fingerprint density at radius 2 is 1.67 bits per heavy atom. The SMILES string of the molecule is CC(=O)OC1CCC2(C)C(CCC3(C)C2C(OO)C=C2C4C(C(C)C)CCC4(C)CCC23C)C1(C)C. The summed E-state index contributed by atoms with van der Waals surface area (Å²) in [5.74, 6) is 2.46. The Kier molecular flexibility index (Phi) is 6.17. The van der Waals surface area contributed by atoms with Gasteiger partial charge in [0.15, 0.2) is 0 Å². The second kappa shape index (κ2) is 8.31. The van der Waals surface area contributed by atoms with Crippen LogP contribution in [-0.2, 0) is 14.4 Å². The van der Waals surface area contributed by atoms with Crippen LogP contribution in [0.15, 0.2) is 11.6 Å². The molecule has 1 N–H and O–H groups in total. The highest BCUT2D eigenvalue weighted by Crippen LogP contribution is 2.76. The van der Waals surface area contributed by atoms with Crippen LogP contribution in [0.1, 0.15) is 114 Å². The van der Waals surface area contributed by atoms with Crippen LogP contribution in [0.2, 0.25) is 0 Å². The number of rotatable bonds is 3. The molecule has 0 aromatic carbocycles. The highest BCUT2D eigenvalue weighted by atomic mass is 17.1. The monoisotopic (exact) mass is 500 g/mol. The number of carbonyl (C=O) groups is 1. The minimum atomic E-state index is -0.275. The van der Waals surface area contributed by atoms with Crippen LogP contribution in [0.4, 0.5) is 0 Å². The highest BCUT2D eigenvalue weighted by Gasteiger charge is 2.71. The van der Waals surface area contributed by atoms with Crippen molar-refractivity contribution in [3.05, 3.63) is 11.6 Å². The third kappa shape index (κ3) is 3.34. The molecule has 5 aliphatic carbocycles. The fourth-order valence-electron chi connectivity index (χ4n) is 11.5. The molecule has 5 aliphatic rings. The van der Waals surface area contributed by atoms with Crippen molar-refractivity contribution < 1.29 is 19.7 Å². The molecule has 5 rings (SSSR count). The van der Waals surface area contributed by atoms with Crippen LogP contribution in [-0.4, -0.2) is 23.4 Å². The van der Waals surface area contributed by atoms with Gasteiger partial charge in [0.1, 0.15) is 12.2 Å². The van der Waals surface area contributed by atoms with E-state index in [1.807, 2.05) is 0 Å². The Morgan fingerprint density at radius 3 is 2.28 bits per heavy atom. The summed E-state index contributed by atoms with van der Waals surface area (Å²) >= 11 is 0. The Balaban J connectivity index is 1.61. The van der Waals surface area contributed by atoms with Gasteiger partial charge in [0.25, 0.3) is 0 Å². The van der Waals surface area contributed by atoms with Gasteiger partial charge in [-0.2, -0.15) is 0 Å². The van der Waals surface area contributed by atoms with Gasteiger partial charge < -0.3 is 4.74 Å². The molecule has 36 heavy (non-hydrogen) atoms. The number of carbonyl (C=O) groups excluding carboxylic acids is 1. The number of ether oxygens (including phenoxy) is 1. The van der Waals surface area contributed by atoms with Gasteiger partial charge in [-0.25, -0.2) is 4.89 Å². The zero-order valence-corrected chi connectivity index (χ0v) is 24.4. The molecule has 4 nitrogen and oxygen atoms in total. The third-order valence-electron chi connectivity index (χ3n) is 13.4. The Labute approximate surface area is 219 Å². The summed E-state index contributed by atoms with van der Waals surface area (Å²) < 4.78 is 5.88. The number of allylic oxidation sites excluding steroid dienone is 1. The molecule has 10 atom stereocenters. The Hall–Kier alpha value is -0.870. The van der Waals surface area contributed by atoms with E-state index in [9.17, 15) is 10.1 Å². The van der Waals surface area contributed by atoms with E-state index in [2.05, 4.69) is 61.5 Å². The molecular weight excluding hydrogens is 448 g/mol. The lowest BCUT2D eigenvalue weighted by Gasteiger charge is -2.71. The van der Waals surface area contributed by atoms with E-state index in [1.54, 1.807) is 5.57 Å². The minimum absolute atomic E-state index is 0.0134. The van der Waals surface area contributed by atoms with Crippen molar-refractivity contribution in [2.75, 3.05) is 0 Å². The summed E-state index contributed by atoms with van der Waals surface area (Å²) in [5, 5.41) is 10.5. The molecule has 204 valence electrons. The molecule has 0 spiro atoms. The molecule has 0 heterocycles. The third-order valence-corrected chi connectivity index (χ3v) is 13.4. The minimum Gasteiger partial charge on any atom is -0.462 e. The summed E-state index contributed by atoms with van der Waals surface area (Å²) in [6.45, 7) is 21.1. The first kappa shape index (κ1) is 26.7. The maximum Gasteiger partial charge on any atom is 0.302 e. The summed E-state index contributed by atoms with van der Waals surface area (Å²) in [6, 6.07) is 0. The van der Waals surface area contributed by atoms with E-state index < -0.39 is 0 Å². The quantitative estimate of drug-likeness (QED) is 0.184. The van der Waals surface area contributed by atoms with Crippen LogP contribution in [0.25, 0.3) is 0 Å². The van der Waals surface area contributed by atoms with Gasteiger partial charge >= 0.3 is 5.97 Å². The molecule has 0 aliphatic heterocycles. The number of esters is 1. The van der Waals surface area contributed by atoms with E-state index in [-0.39, 0.29) is 45.8 Å². The van der Waals surface area contributed by atoms with E-state index in [4.69, 9.17) is 9.62 Å². The lowest BCUT2D eigenvalue weighted by Crippen LogP contribution is -2.67. The van der Waals surface area contributed by atoms with Crippen molar-refractivity contribution in [2.45, 2.75) is 126 Å². The molecule has 4 heteroatoms. The predicted molar refractivity (Wildman–Crippen MR) is 143 cm³/mol. The lowest BCUT2D eigenvalue weighted by atomic mass is 9.34. The van der Waals surface area contributed by atoms with E-state index >= 15 is 0 Å². The lowest BCUT2D eigenvalue weighted by molar-refractivity contribution is -0.322. The fourth-order valence-corrected chi connectivity index (χ4v) is 11.5. The van der Waals surface area contributed by atoms with Gasteiger partial charge in [0.05, 0.1) is 0 Å². The summed E-state index contributed by atoms with van der Waals surface area (Å²) in [7, 11) is 0. The van der Waals surface area contributed by atoms with Crippen LogP contribution in [0, 0.1) is 56.7 Å². The van der Waals surface area contributed by atoms with Crippen molar-refractivity contribution in [2.24, 2.45) is 56.7 Å². The standard InChI is InChI=1S/C32H52O4/c1-19(2)21-10-13-29(6)16-17-31(8)22(26(21)29)18-23(36-34)27-30(7)14-12-25(35-20(3)33)28(4,5)24(30)11-15-32(27,31)9/h18-19,21,23-27,34H,10-17H2,1-9H3. The smallest absolute Gasteiger partial charge is 0.302 e. The maximum atomic E-state index is 11.9. The normalized spacial score (nSPS) is 51.5. The van der Waals surface area contributed by atoms with E-state index in [1.165, 1.54) is 32.6 Å². The Morgan fingerprint density at radius 1 is 0.972 bits per heavy atom. The Bertz CT molecular complexity index is 936. The topological polar surface area (TPSA) is 55.8 Å². The van der Waals surface area contributed by atoms with Gasteiger partial charge in [-0.15, -0.1) is 0 Å².